The molecule has 0 aromatic heterocycles. The summed E-state index contributed by atoms with van der Waals surface area (Å²) >= 11 is 6.81. The van der Waals surface area contributed by atoms with E-state index in [0.717, 1.165) is 24.7 Å². The van der Waals surface area contributed by atoms with E-state index in [-0.39, 0.29) is 24.1 Å². The summed E-state index contributed by atoms with van der Waals surface area (Å²) < 4.78 is 13.3. The molecular formula is C23H32BClO2. The maximum Gasteiger partial charge on any atom is 0.477 e. The molecule has 27 heavy (non-hydrogen) atoms. The summed E-state index contributed by atoms with van der Waals surface area (Å²) in [6.07, 6.45) is 6.18. The van der Waals surface area contributed by atoms with Crippen molar-refractivity contribution in [3.05, 3.63) is 35.9 Å². The normalized spacial score (nSPS) is 45.6. The Balaban J connectivity index is 1.41. The lowest BCUT2D eigenvalue weighted by Crippen LogP contribution is -2.52. The molecule has 1 unspecified atom stereocenters. The predicted molar refractivity (Wildman–Crippen MR) is 111 cm³/mol. The number of alkyl halides is 1. The van der Waals surface area contributed by atoms with Crippen molar-refractivity contribution in [1.29, 1.82) is 0 Å². The lowest BCUT2D eigenvalue weighted by molar-refractivity contribution is -0.0768. The zero-order chi connectivity index (χ0) is 19.0. The molecule has 1 spiro atoms. The Labute approximate surface area is 169 Å². The zero-order valence-electron chi connectivity index (χ0n) is 17.1. The van der Waals surface area contributed by atoms with Gasteiger partial charge in [-0.05, 0) is 73.2 Å². The topological polar surface area (TPSA) is 18.5 Å². The van der Waals surface area contributed by atoms with Crippen LogP contribution in [0.25, 0.3) is 0 Å². The van der Waals surface area contributed by atoms with E-state index in [1.165, 1.54) is 24.8 Å². The number of hydrogen-bond donors (Lipinski definition) is 0. The maximum atomic E-state index is 6.81. The van der Waals surface area contributed by atoms with Crippen LogP contribution < -0.4 is 0 Å². The fourth-order valence-corrected chi connectivity index (χ4v) is 7.98. The summed E-state index contributed by atoms with van der Waals surface area (Å²) in [6, 6.07) is 10.4. The molecule has 1 saturated heterocycles. The van der Waals surface area contributed by atoms with Crippen LogP contribution in [0.5, 0.6) is 0 Å². The number of halogens is 1. The largest absolute Gasteiger partial charge is 0.477 e. The van der Waals surface area contributed by atoms with Crippen molar-refractivity contribution in [2.75, 3.05) is 0 Å². The molecule has 5 rings (SSSR count). The molecule has 4 aliphatic rings. The van der Waals surface area contributed by atoms with Gasteiger partial charge in [0.05, 0.1) is 17.0 Å². The molecule has 4 heteroatoms. The smallest absolute Gasteiger partial charge is 0.404 e. The van der Waals surface area contributed by atoms with Gasteiger partial charge in [-0.3, -0.25) is 0 Å². The molecule has 1 aromatic carbocycles. The van der Waals surface area contributed by atoms with E-state index in [9.17, 15) is 0 Å². The highest BCUT2D eigenvalue weighted by molar-refractivity contribution is 6.60. The lowest BCUT2D eigenvalue weighted by Gasteiger charge is -2.48. The van der Waals surface area contributed by atoms with Crippen molar-refractivity contribution in [3.63, 3.8) is 0 Å². The molecule has 1 aromatic rings. The lowest BCUT2D eigenvalue weighted by atomic mass is 9.63. The highest BCUT2D eigenvalue weighted by Gasteiger charge is 2.73. The summed E-state index contributed by atoms with van der Waals surface area (Å²) in [5, 5.41) is -0.147. The van der Waals surface area contributed by atoms with E-state index in [2.05, 4.69) is 52.0 Å². The average molecular weight is 387 g/mol. The van der Waals surface area contributed by atoms with E-state index in [0.29, 0.717) is 16.7 Å². The second-order valence-electron chi connectivity index (χ2n) is 10.5. The first-order valence-corrected chi connectivity index (χ1v) is 11.2. The quantitative estimate of drug-likeness (QED) is 0.503. The average Bonchev–Trinajstić information content (AvgIpc) is 3.20. The Kier molecular flexibility index (Phi) is 4.11. The molecule has 3 saturated carbocycles. The number of fused-ring (bicyclic) bond motifs is 3. The van der Waals surface area contributed by atoms with E-state index < -0.39 is 0 Å². The van der Waals surface area contributed by atoms with Crippen LogP contribution in [0.3, 0.4) is 0 Å². The fourth-order valence-electron chi connectivity index (χ4n) is 7.69. The molecule has 1 heterocycles. The Bertz CT molecular complexity index is 724. The van der Waals surface area contributed by atoms with Gasteiger partial charge in [0.1, 0.15) is 0 Å². The standard InChI is InChI=1S/C23H32BClO2/c1-15-10-11-17-21(2,3)18-13-23(15,17)14-19-22(18,4)27-24(26-19)20(25)12-16-8-6-5-7-9-16/h5-9,15,17-20H,10-14H2,1-4H3/t15-,17?,18-,19+,20+,22-,23-/m1/s1. The Morgan fingerprint density at radius 1 is 1.11 bits per heavy atom. The van der Waals surface area contributed by atoms with Crippen LogP contribution in [-0.2, 0) is 15.7 Å². The van der Waals surface area contributed by atoms with Gasteiger partial charge in [0.15, 0.2) is 0 Å². The van der Waals surface area contributed by atoms with Crippen LogP contribution >= 0.6 is 11.6 Å². The first-order chi connectivity index (χ1) is 12.8. The molecular weight excluding hydrogens is 355 g/mol. The molecule has 2 nitrogen and oxygen atoms in total. The van der Waals surface area contributed by atoms with Crippen molar-refractivity contribution >= 4 is 18.7 Å². The van der Waals surface area contributed by atoms with Crippen molar-refractivity contribution in [2.45, 2.75) is 76.8 Å². The van der Waals surface area contributed by atoms with Crippen molar-refractivity contribution < 1.29 is 9.31 Å². The third-order valence-electron chi connectivity index (χ3n) is 9.08. The third-order valence-corrected chi connectivity index (χ3v) is 9.44. The highest BCUT2D eigenvalue weighted by Crippen LogP contribution is 2.74. The van der Waals surface area contributed by atoms with Gasteiger partial charge in [0.25, 0.3) is 0 Å². The maximum absolute atomic E-state index is 6.81. The Hall–Kier alpha value is -0.505. The highest BCUT2D eigenvalue weighted by atomic mass is 35.5. The molecule has 0 N–H and O–H groups in total. The van der Waals surface area contributed by atoms with E-state index in [4.69, 9.17) is 20.9 Å². The summed E-state index contributed by atoms with van der Waals surface area (Å²) in [5.41, 5.74) is 1.81. The van der Waals surface area contributed by atoms with Gasteiger partial charge in [-0.1, -0.05) is 51.1 Å². The number of rotatable bonds is 3. The fraction of sp³-hybridized carbons (Fsp3) is 0.739. The second kappa shape index (κ2) is 6.00. The van der Waals surface area contributed by atoms with Crippen LogP contribution in [0.15, 0.2) is 30.3 Å². The first kappa shape index (κ1) is 18.5. The summed E-state index contributed by atoms with van der Waals surface area (Å²) in [4.78, 5) is 0. The Morgan fingerprint density at radius 2 is 1.85 bits per heavy atom. The third kappa shape index (κ3) is 2.47. The molecule has 3 aliphatic carbocycles. The van der Waals surface area contributed by atoms with Gasteiger partial charge < -0.3 is 9.31 Å². The molecule has 1 aliphatic heterocycles. The van der Waals surface area contributed by atoms with Crippen LogP contribution in [0.4, 0.5) is 0 Å². The molecule has 0 amide bonds. The SMILES string of the molecule is C[C@@H]1CCC2C(C)(C)[C@H]3C[C@]21C[C@@H]1OB([C@@H](Cl)Cc2ccccc2)O[C@@]13C. The van der Waals surface area contributed by atoms with Gasteiger partial charge in [-0.25, -0.2) is 0 Å². The second-order valence-corrected chi connectivity index (χ2v) is 11.1. The summed E-state index contributed by atoms with van der Waals surface area (Å²) in [5.74, 6) is 2.17. The number of hydrogen-bond acceptors (Lipinski definition) is 2. The molecule has 0 radical (unpaired) electrons. The van der Waals surface area contributed by atoms with Crippen molar-refractivity contribution in [2.24, 2.45) is 28.6 Å². The summed E-state index contributed by atoms with van der Waals surface area (Å²) in [7, 11) is -0.302. The monoisotopic (exact) mass is 386 g/mol. The van der Waals surface area contributed by atoms with Gasteiger partial charge in [-0.2, -0.15) is 0 Å². The summed E-state index contributed by atoms with van der Waals surface area (Å²) in [6.45, 7) is 9.78. The molecule has 146 valence electrons. The van der Waals surface area contributed by atoms with Crippen molar-refractivity contribution in [1.82, 2.24) is 0 Å². The minimum absolute atomic E-state index is 0.147. The first-order valence-electron chi connectivity index (χ1n) is 10.8. The van der Waals surface area contributed by atoms with Gasteiger partial charge in [0, 0.05) is 0 Å². The van der Waals surface area contributed by atoms with Crippen LogP contribution in [-0.4, -0.2) is 24.1 Å². The van der Waals surface area contributed by atoms with Crippen LogP contribution in [0.1, 0.15) is 58.9 Å². The Morgan fingerprint density at radius 3 is 2.59 bits per heavy atom. The van der Waals surface area contributed by atoms with Gasteiger partial charge >= 0.3 is 7.12 Å². The molecule has 4 fully saturated rings. The minimum Gasteiger partial charge on any atom is -0.404 e. The van der Waals surface area contributed by atoms with Crippen molar-refractivity contribution in [3.8, 4) is 0 Å². The van der Waals surface area contributed by atoms with E-state index in [1.54, 1.807) is 0 Å². The molecule has 2 bridgehead atoms. The van der Waals surface area contributed by atoms with Gasteiger partial charge in [-0.15, -0.1) is 11.6 Å². The zero-order valence-corrected chi connectivity index (χ0v) is 17.8. The predicted octanol–water partition coefficient (Wildman–Crippen LogP) is 5.52. The number of benzene rings is 1. The van der Waals surface area contributed by atoms with E-state index >= 15 is 0 Å². The van der Waals surface area contributed by atoms with Crippen LogP contribution in [0.2, 0.25) is 0 Å². The van der Waals surface area contributed by atoms with Gasteiger partial charge in [0.2, 0.25) is 0 Å². The minimum atomic E-state index is -0.302. The van der Waals surface area contributed by atoms with E-state index in [1.807, 2.05) is 6.07 Å². The van der Waals surface area contributed by atoms with Crippen LogP contribution in [0, 0.1) is 28.6 Å². The molecule has 7 atom stereocenters.